The Kier molecular flexibility index (Phi) is 9.93. The van der Waals surface area contributed by atoms with E-state index in [4.69, 9.17) is 9.73 Å². The van der Waals surface area contributed by atoms with Gasteiger partial charge in [0.2, 0.25) is 0 Å². The number of nitrogens with zero attached hydrogens (tertiary/aromatic N) is 5. The number of aliphatic imine (C=N–C) groups is 1. The number of aryl methyl sites for hydroxylation is 2. The maximum atomic E-state index is 5.27. The van der Waals surface area contributed by atoms with E-state index in [-0.39, 0.29) is 24.0 Å². The third-order valence-electron chi connectivity index (χ3n) is 5.77. The van der Waals surface area contributed by atoms with Crippen LogP contribution in [0.15, 0.2) is 29.3 Å². The fourth-order valence-electron chi connectivity index (χ4n) is 4.12. The van der Waals surface area contributed by atoms with Gasteiger partial charge in [-0.25, -0.2) is 4.99 Å². The van der Waals surface area contributed by atoms with Crippen LogP contribution < -0.4 is 15.0 Å². The van der Waals surface area contributed by atoms with Crippen molar-refractivity contribution in [1.82, 2.24) is 20.0 Å². The highest BCUT2D eigenvalue weighted by Crippen LogP contribution is 2.21. The van der Waals surface area contributed by atoms with E-state index in [1.807, 2.05) is 23.9 Å². The van der Waals surface area contributed by atoms with Gasteiger partial charge in [0.05, 0.1) is 19.3 Å². The first kappa shape index (κ1) is 25.3. The van der Waals surface area contributed by atoms with Gasteiger partial charge in [-0.05, 0) is 44.0 Å². The monoisotopic (exact) mass is 540 g/mol. The smallest absolute Gasteiger partial charge is 0.194 e. The van der Waals surface area contributed by atoms with E-state index in [1.54, 1.807) is 7.11 Å². The molecule has 3 rings (SSSR count). The van der Waals surface area contributed by atoms with Crippen molar-refractivity contribution >= 4 is 35.6 Å². The summed E-state index contributed by atoms with van der Waals surface area (Å²) in [5.74, 6) is 1.90. The van der Waals surface area contributed by atoms with Crippen LogP contribution >= 0.6 is 24.0 Å². The summed E-state index contributed by atoms with van der Waals surface area (Å²) in [5.41, 5.74) is 4.98. The lowest BCUT2D eigenvalue weighted by Crippen LogP contribution is -2.52. The number of ether oxygens (including phenoxy) is 1. The first-order valence-electron chi connectivity index (χ1n) is 11.1. The lowest BCUT2D eigenvalue weighted by Gasteiger charge is -2.37. The van der Waals surface area contributed by atoms with Gasteiger partial charge in [-0.2, -0.15) is 5.10 Å². The number of hydrogen-bond acceptors (Lipinski definition) is 4. The second kappa shape index (κ2) is 12.2. The molecule has 0 unspecified atom stereocenters. The number of hydrogen-bond donors (Lipinski definition) is 1. The standard InChI is InChI=1S/C23H36N6O.HI/c1-6-21-20(22(7-2)27(4)26-21)17-25-23(24-8-3)29-15-13-28(14-16-29)18-9-11-19(30-5)12-10-18;/h9-12H,6-8,13-17H2,1-5H3,(H,24,25);1H. The predicted octanol–water partition coefficient (Wildman–Crippen LogP) is 3.46. The van der Waals surface area contributed by atoms with Crippen molar-refractivity contribution in [3.05, 3.63) is 41.2 Å². The summed E-state index contributed by atoms with van der Waals surface area (Å²) in [6.07, 6.45) is 1.92. The zero-order valence-electron chi connectivity index (χ0n) is 19.5. The van der Waals surface area contributed by atoms with E-state index in [1.165, 1.54) is 22.6 Å². The summed E-state index contributed by atoms with van der Waals surface area (Å²) in [6.45, 7) is 11.9. The molecule has 0 amide bonds. The van der Waals surface area contributed by atoms with Crippen molar-refractivity contribution in [2.75, 3.05) is 44.7 Å². The second-order valence-electron chi connectivity index (χ2n) is 7.54. The number of nitrogens with one attached hydrogen (secondary N) is 1. The van der Waals surface area contributed by atoms with E-state index in [9.17, 15) is 0 Å². The van der Waals surface area contributed by atoms with Gasteiger partial charge in [0, 0.05) is 56.7 Å². The van der Waals surface area contributed by atoms with Crippen LogP contribution in [0.4, 0.5) is 5.69 Å². The van der Waals surface area contributed by atoms with Gasteiger partial charge in [-0.15, -0.1) is 24.0 Å². The van der Waals surface area contributed by atoms with Crippen molar-refractivity contribution < 1.29 is 4.74 Å². The van der Waals surface area contributed by atoms with Crippen LogP contribution in [0.2, 0.25) is 0 Å². The minimum absolute atomic E-state index is 0. The molecule has 172 valence electrons. The van der Waals surface area contributed by atoms with Crippen molar-refractivity contribution in [1.29, 1.82) is 0 Å². The van der Waals surface area contributed by atoms with Crippen molar-refractivity contribution in [2.45, 2.75) is 40.2 Å². The molecule has 1 aliphatic rings. The quantitative estimate of drug-likeness (QED) is 0.331. The molecule has 1 aromatic heterocycles. The molecule has 0 spiro atoms. The zero-order valence-corrected chi connectivity index (χ0v) is 21.8. The number of benzene rings is 1. The SMILES string of the molecule is CCNC(=NCc1c(CC)nn(C)c1CC)N1CCN(c2ccc(OC)cc2)CC1.I. The van der Waals surface area contributed by atoms with E-state index in [2.05, 4.69) is 53.1 Å². The summed E-state index contributed by atoms with van der Waals surface area (Å²) < 4.78 is 7.29. The normalized spacial score (nSPS) is 14.4. The zero-order chi connectivity index (χ0) is 21.5. The van der Waals surface area contributed by atoms with Crippen molar-refractivity contribution in [2.24, 2.45) is 12.0 Å². The summed E-state index contributed by atoms with van der Waals surface area (Å²) in [4.78, 5) is 9.80. The minimum Gasteiger partial charge on any atom is -0.497 e. The minimum atomic E-state index is 0. The highest BCUT2D eigenvalue weighted by Gasteiger charge is 2.20. The van der Waals surface area contributed by atoms with Crippen LogP contribution in [0.1, 0.15) is 37.7 Å². The Morgan fingerprint density at radius 3 is 2.29 bits per heavy atom. The van der Waals surface area contributed by atoms with E-state index >= 15 is 0 Å². The molecule has 0 bridgehead atoms. The Balaban J connectivity index is 0.00000341. The average molecular weight is 540 g/mol. The molecule has 1 aromatic carbocycles. The van der Waals surface area contributed by atoms with Gasteiger partial charge < -0.3 is 19.9 Å². The number of aromatic nitrogens is 2. The van der Waals surface area contributed by atoms with Gasteiger partial charge in [0.1, 0.15) is 5.75 Å². The van der Waals surface area contributed by atoms with Gasteiger partial charge in [0.15, 0.2) is 5.96 Å². The molecule has 0 aliphatic carbocycles. The number of piperazine rings is 1. The molecule has 1 N–H and O–H groups in total. The Labute approximate surface area is 203 Å². The van der Waals surface area contributed by atoms with Crippen molar-refractivity contribution in [3.8, 4) is 5.75 Å². The van der Waals surface area contributed by atoms with Gasteiger partial charge in [0.25, 0.3) is 0 Å². The molecule has 0 saturated carbocycles. The molecular weight excluding hydrogens is 503 g/mol. The first-order chi connectivity index (χ1) is 14.6. The molecule has 0 radical (unpaired) electrons. The Hall–Kier alpha value is -1.97. The largest absolute Gasteiger partial charge is 0.497 e. The third-order valence-corrected chi connectivity index (χ3v) is 5.77. The topological polar surface area (TPSA) is 57.9 Å². The number of halogens is 1. The molecule has 2 heterocycles. The molecule has 31 heavy (non-hydrogen) atoms. The van der Waals surface area contributed by atoms with E-state index in [0.717, 1.165) is 57.3 Å². The van der Waals surface area contributed by atoms with Crippen LogP contribution in [0.3, 0.4) is 0 Å². The Morgan fingerprint density at radius 1 is 1.06 bits per heavy atom. The fraction of sp³-hybridized carbons (Fsp3) is 0.565. The second-order valence-corrected chi connectivity index (χ2v) is 7.54. The number of guanidine groups is 1. The maximum absolute atomic E-state index is 5.27. The Bertz CT molecular complexity index is 840. The molecule has 1 aliphatic heterocycles. The molecule has 1 fully saturated rings. The lowest BCUT2D eigenvalue weighted by atomic mass is 10.1. The summed E-state index contributed by atoms with van der Waals surface area (Å²) >= 11 is 0. The Morgan fingerprint density at radius 2 is 1.74 bits per heavy atom. The van der Waals surface area contributed by atoms with Gasteiger partial charge >= 0.3 is 0 Å². The van der Waals surface area contributed by atoms with Crippen molar-refractivity contribution in [3.63, 3.8) is 0 Å². The summed E-state index contributed by atoms with van der Waals surface area (Å²) in [7, 11) is 3.74. The number of rotatable bonds is 7. The molecule has 7 nitrogen and oxygen atoms in total. The fourth-order valence-corrected chi connectivity index (χ4v) is 4.12. The maximum Gasteiger partial charge on any atom is 0.194 e. The number of methoxy groups -OCH3 is 1. The van der Waals surface area contributed by atoms with Gasteiger partial charge in [-0.3, -0.25) is 4.68 Å². The van der Waals surface area contributed by atoms with Crippen LogP contribution in [0.25, 0.3) is 0 Å². The summed E-state index contributed by atoms with van der Waals surface area (Å²) in [6, 6.07) is 8.32. The van der Waals surface area contributed by atoms with Crippen LogP contribution in [-0.4, -0.2) is 60.5 Å². The first-order valence-corrected chi connectivity index (χ1v) is 11.1. The third kappa shape index (κ3) is 6.05. The van der Waals surface area contributed by atoms with Crippen LogP contribution in [0.5, 0.6) is 5.75 Å². The molecule has 2 aromatic rings. The molecular formula is C23H37IN6O. The van der Waals surface area contributed by atoms with Crippen LogP contribution in [-0.2, 0) is 26.4 Å². The van der Waals surface area contributed by atoms with Gasteiger partial charge in [-0.1, -0.05) is 13.8 Å². The lowest BCUT2D eigenvalue weighted by molar-refractivity contribution is 0.372. The molecule has 0 atom stereocenters. The van der Waals surface area contributed by atoms with E-state index < -0.39 is 0 Å². The molecule has 8 heteroatoms. The number of anilines is 1. The summed E-state index contributed by atoms with van der Waals surface area (Å²) in [5, 5.41) is 8.18. The highest BCUT2D eigenvalue weighted by molar-refractivity contribution is 14.0. The van der Waals surface area contributed by atoms with E-state index in [0.29, 0.717) is 6.54 Å². The highest BCUT2D eigenvalue weighted by atomic mass is 127. The van der Waals surface area contributed by atoms with Crippen LogP contribution in [0, 0.1) is 0 Å². The molecule has 1 saturated heterocycles. The average Bonchev–Trinajstić information content (AvgIpc) is 3.11. The predicted molar refractivity (Wildman–Crippen MR) is 139 cm³/mol.